The molecule has 1 saturated heterocycles. The molecule has 1 aliphatic rings. The fraction of sp³-hybridized carbons (Fsp3) is 0.357. The maximum atomic E-state index is 11.5. The zero-order valence-electron chi connectivity index (χ0n) is 11.8. The highest BCUT2D eigenvalue weighted by molar-refractivity contribution is 7.88. The van der Waals surface area contributed by atoms with Crippen LogP contribution in [0.15, 0.2) is 42.7 Å². The summed E-state index contributed by atoms with van der Waals surface area (Å²) in [4.78, 5) is 0. The van der Waals surface area contributed by atoms with Gasteiger partial charge in [-0.1, -0.05) is 30.3 Å². The lowest BCUT2D eigenvalue weighted by atomic mass is 9.88. The minimum absolute atomic E-state index is 0.00139. The van der Waals surface area contributed by atoms with E-state index in [-0.39, 0.29) is 12.0 Å². The van der Waals surface area contributed by atoms with Crippen molar-refractivity contribution in [2.45, 2.75) is 6.04 Å². The smallest absolute Gasteiger partial charge is 0.211 e. The highest BCUT2D eigenvalue weighted by Gasteiger charge is 2.39. The highest BCUT2D eigenvalue weighted by Crippen LogP contribution is 2.34. The van der Waals surface area contributed by atoms with Crippen LogP contribution in [0, 0.1) is 5.92 Å². The molecule has 3 rings (SSSR count). The van der Waals surface area contributed by atoms with Crippen LogP contribution in [-0.2, 0) is 10.0 Å². The molecule has 0 spiro atoms. The Morgan fingerprint density at radius 1 is 1.29 bits per heavy atom. The van der Waals surface area contributed by atoms with E-state index in [0.717, 1.165) is 5.56 Å². The van der Waals surface area contributed by atoms with E-state index in [4.69, 9.17) is 5.73 Å². The van der Waals surface area contributed by atoms with E-state index in [1.165, 1.54) is 10.6 Å². The first-order valence-corrected chi connectivity index (χ1v) is 8.59. The van der Waals surface area contributed by atoms with Gasteiger partial charge in [0.25, 0.3) is 0 Å². The van der Waals surface area contributed by atoms with Crippen molar-refractivity contribution in [3.8, 4) is 0 Å². The third kappa shape index (κ3) is 2.79. The van der Waals surface area contributed by atoms with Crippen molar-refractivity contribution in [1.29, 1.82) is 0 Å². The van der Waals surface area contributed by atoms with Crippen molar-refractivity contribution in [3.05, 3.63) is 48.3 Å². The molecule has 0 amide bonds. The highest BCUT2D eigenvalue weighted by atomic mass is 32.2. The van der Waals surface area contributed by atoms with Gasteiger partial charge in [0, 0.05) is 25.2 Å². The van der Waals surface area contributed by atoms with Crippen molar-refractivity contribution < 1.29 is 8.42 Å². The van der Waals surface area contributed by atoms with Crippen LogP contribution in [0.1, 0.15) is 11.6 Å². The summed E-state index contributed by atoms with van der Waals surface area (Å²) in [6.45, 7) is 1.02. The number of hydrogen-bond acceptors (Lipinski definition) is 4. The maximum absolute atomic E-state index is 11.5. The molecule has 2 N–H and O–H groups in total. The molecule has 0 radical (unpaired) electrons. The zero-order chi connectivity index (χ0) is 15.0. The van der Waals surface area contributed by atoms with Crippen LogP contribution in [0.2, 0.25) is 0 Å². The minimum atomic E-state index is -3.11. The number of nitrogens with two attached hydrogens (primary N) is 1. The molecular weight excluding hydrogens is 288 g/mol. The topological polar surface area (TPSA) is 81.2 Å². The molecule has 21 heavy (non-hydrogen) atoms. The zero-order valence-corrected chi connectivity index (χ0v) is 12.6. The number of nitrogen functional groups attached to an aromatic ring is 1. The first-order valence-electron chi connectivity index (χ1n) is 6.75. The number of sulfonamides is 1. The Morgan fingerprint density at radius 2 is 1.95 bits per heavy atom. The van der Waals surface area contributed by atoms with Crippen LogP contribution in [0.4, 0.5) is 5.69 Å². The van der Waals surface area contributed by atoms with Gasteiger partial charge in [-0.25, -0.2) is 12.7 Å². The van der Waals surface area contributed by atoms with Gasteiger partial charge in [0.15, 0.2) is 0 Å². The summed E-state index contributed by atoms with van der Waals surface area (Å²) in [5, 5.41) is 4.31. The molecular formula is C14H18N4O2S. The summed E-state index contributed by atoms with van der Waals surface area (Å²) in [5.74, 6) is 0.196. The quantitative estimate of drug-likeness (QED) is 0.911. The van der Waals surface area contributed by atoms with E-state index in [0.29, 0.717) is 18.8 Å². The molecule has 1 aromatic heterocycles. The summed E-state index contributed by atoms with van der Waals surface area (Å²) < 4.78 is 26.4. The predicted octanol–water partition coefficient (Wildman–Crippen LogP) is 0.946. The molecule has 2 aromatic rings. The summed E-state index contributed by atoms with van der Waals surface area (Å²) in [6, 6.07) is 9.98. The third-order valence-electron chi connectivity index (χ3n) is 3.84. The second kappa shape index (κ2) is 5.16. The van der Waals surface area contributed by atoms with Crippen LogP contribution in [-0.4, -0.2) is 41.8 Å². The van der Waals surface area contributed by atoms with Gasteiger partial charge in [0.05, 0.1) is 24.2 Å². The van der Waals surface area contributed by atoms with E-state index >= 15 is 0 Å². The fourth-order valence-electron chi connectivity index (χ4n) is 2.74. The first-order chi connectivity index (χ1) is 9.95. The lowest BCUT2D eigenvalue weighted by Crippen LogP contribution is -2.52. The van der Waals surface area contributed by atoms with Gasteiger partial charge in [0.2, 0.25) is 10.0 Å². The average Bonchev–Trinajstić information content (AvgIpc) is 2.79. The SMILES string of the molecule is CS(=O)(=O)N1CC(C(c2ccccc2)n2cc(N)cn2)C1. The van der Waals surface area contributed by atoms with Crippen LogP contribution in [0.25, 0.3) is 0 Å². The number of rotatable bonds is 4. The van der Waals surface area contributed by atoms with E-state index < -0.39 is 10.0 Å². The second-order valence-electron chi connectivity index (χ2n) is 5.45. The maximum Gasteiger partial charge on any atom is 0.211 e. The summed E-state index contributed by atoms with van der Waals surface area (Å²) in [6.07, 6.45) is 4.65. The Bertz CT molecular complexity index is 720. The molecule has 1 unspecified atom stereocenters. The number of nitrogens with zero attached hydrogens (tertiary/aromatic N) is 3. The van der Waals surface area contributed by atoms with Gasteiger partial charge in [0.1, 0.15) is 0 Å². The van der Waals surface area contributed by atoms with Crippen LogP contribution in [0.5, 0.6) is 0 Å². The number of benzene rings is 1. The van der Waals surface area contributed by atoms with Gasteiger partial charge >= 0.3 is 0 Å². The molecule has 112 valence electrons. The molecule has 1 fully saturated rings. The number of hydrogen-bond donors (Lipinski definition) is 1. The van der Waals surface area contributed by atoms with Gasteiger partial charge < -0.3 is 5.73 Å². The van der Waals surface area contributed by atoms with Gasteiger partial charge in [-0.15, -0.1) is 0 Å². The Hall–Kier alpha value is -1.86. The van der Waals surface area contributed by atoms with Crippen molar-refractivity contribution in [3.63, 3.8) is 0 Å². The Balaban J connectivity index is 1.89. The minimum Gasteiger partial charge on any atom is -0.396 e. The van der Waals surface area contributed by atoms with E-state index in [9.17, 15) is 8.42 Å². The number of anilines is 1. The fourth-order valence-corrected chi connectivity index (χ4v) is 3.66. The standard InChI is InChI=1S/C14H18N4O2S/c1-21(19,20)17-8-12(9-17)14(11-5-3-2-4-6-11)18-10-13(15)7-16-18/h2-7,10,12,14H,8-9,15H2,1H3. The van der Waals surface area contributed by atoms with E-state index in [2.05, 4.69) is 5.10 Å². The van der Waals surface area contributed by atoms with Crippen molar-refractivity contribution in [2.24, 2.45) is 5.92 Å². The van der Waals surface area contributed by atoms with E-state index in [1.54, 1.807) is 12.4 Å². The average molecular weight is 306 g/mol. The lowest BCUT2D eigenvalue weighted by Gasteiger charge is -2.41. The molecule has 1 atom stereocenters. The molecule has 2 heterocycles. The normalized spacial score (nSPS) is 18.3. The first kappa shape index (κ1) is 14.1. The Morgan fingerprint density at radius 3 is 2.48 bits per heavy atom. The Labute approximate surface area is 124 Å². The third-order valence-corrected chi connectivity index (χ3v) is 5.08. The van der Waals surface area contributed by atoms with Crippen LogP contribution >= 0.6 is 0 Å². The van der Waals surface area contributed by atoms with Gasteiger partial charge in [-0.2, -0.15) is 5.10 Å². The Kier molecular flexibility index (Phi) is 3.46. The molecule has 1 aliphatic heterocycles. The second-order valence-corrected chi connectivity index (χ2v) is 7.43. The van der Waals surface area contributed by atoms with Crippen molar-refractivity contribution in [2.75, 3.05) is 25.1 Å². The van der Waals surface area contributed by atoms with E-state index in [1.807, 2.05) is 35.0 Å². The van der Waals surface area contributed by atoms with Crippen molar-refractivity contribution in [1.82, 2.24) is 14.1 Å². The van der Waals surface area contributed by atoms with Gasteiger partial charge in [-0.05, 0) is 5.56 Å². The molecule has 1 aromatic carbocycles. The summed E-state index contributed by atoms with van der Waals surface area (Å²) >= 11 is 0. The summed E-state index contributed by atoms with van der Waals surface area (Å²) in [7, 11) is -3.11. The molecule has 0 bridgehead atoms. The lowest BCUT2D eigenvalue weighted by molar-refractivity contribution is 0.151. The number of aromatic nitrogens is 2. The summed E-state index contributed by atoms with van der Waals surface area (Å²) in [5.41, 5.74) is 7.48. The molecule has 7 heteroatoms. The monoisotopic (exact) mass is 306 g/mol. The van der Waals surface area contributed by atoms with Crippen LogP contribution < -0.4 is 5.73 Å². The van der Waals surface area contributed by atoms with Crippen molar-refractivity contribution >= 4 is 15.7 Å². The largest absolute Gasteiger partial charge is 0.396 e. The molecule has 6 nitrogen and oxygen atoms in total. The predicted molar refractivity (Wildman–Crippen MR) is 81.1 cm³/mol. The molecule has 0 aliphatic carbocycles. The van der Waals surface area contributed by atoms with Crippen LogP contribution in [0.3, 0.4) is 0 Å². The molecule has 0 saturated carbocycles. The van der Waals surface area contributed by atoms with Gasteiger partial charge in [-0.3, -0.25) is 4.68 Å².